The first kappa shape index (κ1) is 16.0. The summed E-state index contributed by atoms with van der Waals surface area (Å²) in [6, 6.07) is 0. The van der Waals surface area contributed by atoms with Crippen LogP contribution in [0, 0.1) is 0 Å². The van der Waals surface area contributed by atoms with Crippen LogP contribution in [-0.4, -0.2) is 45.5 Å². The van der Waals surface area contributed by atoms with Crippen LogP contribution in [0.2, 0.25) is 0 Å². The van der Waals surface area contributed by atoms with Crippen molar-refractivity contribution in [2.24, 2.45) is 4.99 Å². The molecular formula is C10H20F3N3O. The summed E-state index contributed by atoms with van der Waals surface area (Å²) in [5, 5.41) is 6.03. The van der Waals surface area contributed by atoms with E-state index in [-0.39, 0.29) is 6.61 Å². The number of nitrogens with one attached hydrogen (secondary N) is 2. The summed E-state index contributed by atoms with van der Waals surface area (Å²) in [5.41, 5.74) is 0. The molecule has 0 aromatic carbocycles. The molecule has 0 bridgehead atoms. The Morgan fingerprint density at radius 2 is 1.88 bits per heavy atom. The zero-order chi connectivity index (χ0) is 13.1. The predicted octanol–water partition coefficient (Wildman–Crippen LogP) is 1.53. The highest BCUT2D eigenvalue weighted by atomic mass is 19.4. The Balaban J connectivity index is 3.44. The molecule has 0 saturated heterocycles. The Hall–Kier alpha value is -0.980. The number of alkyl halides is 3. The lowest BCUT2D eigenvalue weighted by Crippen LogP contribution is -2.38. The van der Waals surface area contributed by atoms with Gasteiger partial charge in [-0.3, -0.25) is 4.99 Å². The zero-order valence-electron chi connectivity index (χ0n) is 10.2. The quantitative estimate of drug-likeness (QED) is 0.412. The van der Waals surface area contributed by atoms with Crippen LogP contribution in [0.3, 0.4) is 0 Å². The van der Waals surface area contributed by atoms with Gasteiger partial charge in [0.05, 0.1) is 0 Å². The first-order valence-electron chi connectivity index (χ1n) is 5.58. The molecule has 0 aliphatic carbocycles. The molecule has 0 amide bonds. The molecule has 0 unspecified atom stereocenters. The Kier molecular flexibility index (Phi) is 8.57. The fourth-order valence-corrected chi connectivity index (χ4v) is 1.03. The molecular weight excluding hydrogens is 235 g/mol. The molecule has 102 valence electrons. The van der Waals surface area contributed by atoms with Crippen molar-refractivity contribution in [2.45, 2.75) is 25.9 Å². The molecule has 0 aliphatic rings. The van der Waals surface area contributed by atoms with E-state index in [1.807, 2.05) is 6.92 Å². The van der Waals surface area contributed by atoms with E-state index in [4.69, 9.17) is 0 Å². The average Bonchev–Trinajstić information content (AvgIpc) is 2.25. The van der Waals surface area contributed by atoms with Crippen molar-refractivity contribution in [1.82, 2.24) is 10.6 Å². The molecule has 2 N–H and O–H groups in total. The Labute approximate surface area is 99.6 Å². The van der Waals surface area contributed by atoms with Crippen molar-refractivity contribution < 1.29 is 17.9 Å². The number of nitrogens with zero attached hydrogens (tertiary/aromatic N) is 1. The first-order chi connectivity index (χ1) is 7.99. The smallest absolute Gasteiger partial charge is 0.372 e. The van der Waals surface area contributed by atoms with E-state index in [1.165, 1.54) is 0 Å². The van der Waals surface area contributed by atoms with Crippen LogP contribution in [0.15, 0.2) is 4.99 Å². The van der Waals surface area contributed by atoms with Gasteiger partial charge in [-0.25, -0.2) is 0 Å². The highest BCUT2D eigenvalue weighted by Gasteiger charge is 2.27. The third kappa shape index (κ3) is 11.3. The lowest BCUT2D eigenvalue weighted by molar-refractivity contribution is -0.173. The second-order valence-electron chi connectivity index (χ2n) is 3.45. The Morgan fingerprint density at radius 1 is 1.24 bits per heavy atom. The molecule has 0 aliphatic heterocycles. The van der Waals surface area contributed by atoms with E-state index in [0.29, 0.717) is 18.9 Å². The van der Waals surface area contributed by atoms with Gasteiger partial charge in [-0.1, -0.05) is 6.92 Å². The molecule has 7 heteroatoms. The van der Waals surface area contributed by atoms with Gasteiger partial charge >= 0.3 is 6.18 Å². The summed E-state index contributed by atoms with van der Waals surface area (Å²) in [6.45, 7) is 2.27. The number of hydrogen-bond donors (Lipinski definition) is 2. The van der Waals surface area contributed by atoms with Crippen LogP contribution in [0.1, 0.15) is 19.8 Å². The third-order valence-electron chi connectivity index (χ3n) is 1.79. The van der Waals surface area contributed by atoms with Gasteiger partial charge in [0.25, 0.3) is 0 Å². The lowest BCUT2D eigenvalue weighted by atomic mass is 10.4. The molecule has 0 spiro atoms. The summed E-state index contributed by atoms with van der Waals surface area (Å²) < 4.78 is 39.6. The lowest BCUT2D eigenvalue weighted by Gasteiger charge is -2.11. The van der Waals surface area contributed by atoms with Crippen LogP contribution in [-0.2, 0) is 4.74 Å². The van der Waals surface area contributed by atoms with E-state index in [0.717, 1.165) is 13.0 Å². The van der Waals surface area contributed by atoms with Gasteiger partial charge in [-0.05, 0) is 12.8 Å². The van der Waals surface area contributed by atoms with Crippen molar-refractivity contribution in [2.75, 3.05) is 33.4 Å². The van der Waals surface area contributed by atoms with Gasteiger partial charge in [0, 0.05) is 26.7 Å². The number of rotatable bonds is 7. The minimum atomic E-state index is -4.24. The number of hydrogen-bond acceptors (Lipinski definition) is 2. The van der Waals surface area contributed by atoms with Crippen LogP contribution >= 0.6 is 0 Å². The molecule has 0 fully saturated rings. The molecule has 4 nitrogen and oxygen atoms in total. The fraction of sp³-hybridized carbons (Fsp3) is 0.900. The molecule has 0 aromatic heterocycles. The summed E-state index contributed by atoms with van der Waals surface area (Å²) in [5.74, 6) is 0.655. The van der Waals surface area contributed by atoms with Gasteiger partial charge < -0.3 is 15.4 Å². The number of guanidine groups is 1. The normalized spacial score (nSPS) is 12.6. The number of halogens is 3. The van der Waals surface area contributed by atoms with Gasteiger partial charge in [0.1, 0.15) is 6.61 Å². The maximum absolute atomic E-state index is 11.7. The van der Waals surface area contributed by atoms with Crippen LogP contribution in [0.5, 0.6) is 0 Å². The Bertz CT molecular complexity index is 219. The number of aliphatic imine (C=N–C) groups is 1. The number of ether oxygens (including phenoxy) is 1. The maximum Gasteiger partial charge on any atom is 0.411 e. The second kappa shape index (κ2) is 9.09. The summed E-state index contributed by atoms with van der Waals surface area (Å²) in [4.78, 5) is 3.96. The van der Waals surface area contributed by atoms with Crippen LogP contribution < -0.4 is 10.6 Å². The standard InChI is InChI=1S/C10H20F3N3O/c1-3-5-15-9(14-2)16-6-4-7-17-8-10(11,12)13/h3-8H2,1-2H3,(H2,14,15,16). The highest BCUT2D eigenvalue weighted by Crippen LogP contribution is 2.14. The van der Waals surface area contributed by atoms with Gasteiger partial charge in [0.2, 0.25) is 0 Å². The zero-order valence-corrected chi connectivity index (χ0v) is 10.2. The van der Waals surface area contributed by atoms with Crippen molar-refractivity contribution in [3.8, 4) is 0 Å². The summed E-state index contributed by atoms with van der Waals surface area (Å²) >= 11 is 0. The van der Waals surface area contributed by atoms with Crippen molar-refractivity contribution >= 4 is 5.96 Å². The van der Waals surface area contributed by atoms with E-state index in [9.17, 15) is 13.2 Å². The van der Waals surface area contributed by atoms with Gasteiger partial charge in [-0.15, -0.1) is 0 Å². The third-order valence-corrected chi connectivity index (χ3v) is 1.79. The minimum absolute atomic E-state index is 0.0806. The van der Waals surface area contributed by atoms with Gasteiger partial charge in [0.15, 0.2) is 5.96 Å². The van der Waals surface area contributed by atoms with Crippen LogP contribution in [0.4, 0.5) is 13.2 Å². The van der Waals surface area contributed by atoms with Crippen LogP contribution in [0.25, 0.3) is 0 Å². The molecule has 0 atom stereocenters. The first-order valence-corrected chi connectivity index (χ1v) is 5.58. The molecule has 0 saturated carbocycles. The summed E-state index contributed by atoms with van der Waals surface area (Å²) in [6.07, 6.45) is -2.76. The summed E-state index contributed by atoms with van der Waals surface area (Å²) in [7, 11) is 1.64. The molecule has 0 rings (SSSR count). The highest BCUT2D eigenvalue weighted by molar-refractivity contribution is 5.79. The molecule has 0 radical (unpaired) electrons. The SMILES string of the molecule is CCCNC(=NC)NCCCOCC(F)(F)F. The average molecular weight is 255 g/mol. The van der Waals surface area contributed by atoms with E-state index in [2.05, 4.69) is 20.4 Å². The van der Waals surface area contributed by atoms with Crippen molar-refractivity contribution in [3.05, 3.63) is 0 Å². The second-order valence-corrected chi connectivity index (χ2v) is 3.45. The van der Waals surface area contributed by atoms with E-state index in [1.54, 1.807) is 7.05 Å². The van der Waals surface area contributed by atoms with E-state index >= 15 is 0 Å². The molecule has 0 heterocycles. The monoisotopic (exact) mass is 255 g/mol. The van der Waals surface area contributed by atoms with Gasteiger partial charge in [-0.2, -0.15) is 13.2 Å². The minimum Gasteiger partial charge on any atom is -0.372 e. The van der Waals surface area contributed by atoms with Crippen molar-refractivity contribution in [3.63, 3.8) is 0 Å². The van der Waals surface area contributed by atoms with Crippen molar-refractivity contribution in [1.29, 1.82) is 0 Å². The topological polar surface area (TPSA) is 45.7 Å². The Morgan fingerprint density at radius 3 is 2.41 bits per heavy atom. The molecule has 17 heavy (non-hydrogen) atoms. The fourth-order valence-electron chi connectivity index (χ4n) is 1.03. The molecule has 0 aromatic rings. The van der Waals surface area contributed by atoms with E-state index < -0.39 is 12.8 Å². The predicted molar refractivity (Wildman–Crippen MR) is 61.1 cm³/mol. The maximum atomic E-state index is 11.7. The largest absolute Gasteiger partial charge is 0.411 e.